The Morgan fingerprint density at radius 3 is 2.33 bits per heavy atom. The number of rotatable bonds is 5. The number of hydrogen-bond acceptors (Lipinski definition) is 3. The molecule has 1 aliphatic heterocycles. The number of aryl methyl sites for hydroxylation is 1. The van der Waals surface area contributed by atoms with Crippen LogP contribution < -0.4 is 15.1 Å². The third kappa shape index (κ3) is 4.48. The molecule has 1 N–H and O–H groups in total. The van der Waals surface area contributed by atoms with Gasteiger partial charge in [-0.2, -0.15) is 0 Å². The number of carbonyl (C=O) groups excluding carboxylic acids is 2. The fraction of sp³-hybridized carbons (Fsp3) is 0.364. The summed E-state index contributed by atoms with van der Waals surface area (Å²) in [6.07, 6.45) is 2.44. The van der Waals surface area contributed by atoms with E-state index in [2.05, 4.69) is 10.2 Å². The Labute approximate surface area is 161 Å². The van der Waals surface area contributed by atoms with Crippen LogP contribution in [0.4, 0.5) is 17.1 Å². The van der Waals surface area contributed by atoms with E-state index < -0.39 is 0 Å². The smallest absolute Gasteiger partial charge is 0.244 e. The van der Waals surface area contributed by atoms with Gasteiger partial charge in [0, 0.05) is 37.1 Å². The van der Waals surface area contributed by atoms with Crippen LogP contribution in [0.1, 0.15) is 30.9 Å². The zero-order valence-corrected chi connectivity index (χ0v) is 16.3. The van der Waals surface area contributed by atoms with Crippen LogP contribution in [0.2, 0.25) is 0 Å². The average Bonchev–Trinajstić information content (AvgIpc) is 3.18. The van der Waals surface area contributed by atoms with Crippen molar-refractivity contribution in [3.8, 4) is 0 Å². The number of nitrogens with one attached hydrogen (secondary N) is 1. The van der Waals surface area contributed by atoms with E-state index >= 15 is 0 Å². The van der Waals surface area contributed by atoms with Crippen molar-refractivity contribution in [2.24, 2.45) is 0 Å². The molecule has 0 saturated carbocycles. The van der Waals surface area contributed by atoms with E-state index in [0.717, 1.165) is 35.6 Å². The molecule has 0 aliphatic carbocycles. The standard InChI is InChI=1S/C22H27N3O2/c1-16-7-6-8-21(17(16)2)23-22(27)15-25(18(3)26)20-11-9-19(10-12-20)24-13-4-5-14-24/h6-12H,4-5,13-15H2,1-3H3,(H,23,27). The molecule has 0 bridgehead atoms. The summed E-state index contributed by atoms with van der Waals surface area (Å²) in [6, 6.07) is 13.7. The fourth-order valence-electron chi connectivity index (χ4n) is 3.42. The van der Waals surface area contributed by atoms with Crippen LogP contribution in [0.5, 0.6) is 0 Å². The monoisotopic (exact) mass is 365 g/mol. The average molecular weight is 365 g/mol. The molecule has 1 fully saturated rings. The minimum Gasteiger partial charge on any atom is -0.372 e. The van der Waals surface area contributed by atoms with Gasteiger partial charge in [0.15, 0.2) is 0 Å². The lowest BCUT2D eigenvalue weighted by molar-refractivity contribution is -0.120. The molecule has 1 aliphatic rings. The van der Waals surface area contributed by atoms with Crippen LogP contribution in [-0.4, -0.2) is 31.4 Å². The Balaban J connectivity index is 1.70. The number of carbonyl (C=O) groups is 2. The Morgan fingerprint density at radius 1 is 1.04 bits per heavy atom. The topological polar surface area (TPSA) is 52.7 Å². The van der Waals surface area contributed by atoms with Crippen LogP contribution in [0, 0.1) is 13.8 Å². The van der Waals surface area contributed by atoms with E-state index in [0.29, 0.717) is 0 Å². The van der Waals surface area contributed by atoms with Gasteiger partial charge in [0.2, 0.25) is 11.8 Å². The summed E-state index contributed by atoms with van der Waals surface area (Å²) in [4.78, 5) is 28.5. The zero-order chi connectivity index (χ0) is 19.4. The molecule has 0 spiro atoms. The highest BCUT2D eigenvalue weighted by Gasteiger charge is 2.18. The lowest BCUT2D eigenvalue weighted by Gasteiger charge is -2.23. The van der Waals surface area contributed by atoms with Gasteiger partial charge < -0.3 is 15.1 Å². The first-order chi connectivity index (χ1) is 13.0. The number of amides is 2. The van der Waals surface area contributed by atoms with E-state index in [1.54, 1.807) is 0 Å². The van der Waals surface area contributed by atoms with Gasteiger partial charge in [-0.3, -0.25) is 9.59 Å². The Hall–Kier alpha value is -2.82. The van der Waals surface area contributed by atoms with E-state index in [1.807, 2.05) is 56.3 Å². The van der Waals surface area contributed by atoms with Crippen molar-refractivity contribution in [3.63, 3.8) is 0 Å². The number of anilines is 3. The number of hydrogen-bond donors (Lipinski definition) is 1. The van der Waals surface area contributed by atoms with Crippen LogP contribution in [-0.2, 0) is 9.59 Å². The van der Waals surface area contributed by atoms with Crippen molar-refractivity contribution in [2.75, 3.05) is 34.8 Å². The molecule has 2 aromatic carbocycles. The molecule has 5 heteroatoms. The second-order valence-electron chi connectivity index (χ2n) is 7.11. The molecule has 27 heavy (non-hydrogen) atoms. The summed E-state index contributed by atoms with van der Waals surface area (Å²) in [6.45, 7) is 7.62. The quantitative estimate of drug-likeness (QED) is 0.874. The molecule has 1 saturated heterocycles. The number of nitrogens with zero attached hydrogens (tertiary/aromatic N) is 2. The highest BCUT2D eigenvalue weighted by Crippen LogP contribution is 2.24. The summed E-state index contributed by atoms with van der Waals surface area (Å²) in [5.74, 6) is -0.359. The fourth-order valence-corrected chi connectivity index (χ4v) is 3.42. The van der Waals surface area contributed by atoms with Crippen molar-refractivity contribution in [2.45, 2.75) is 33.6 Å². The maximum Gasteiger partial charge on any atom is 0.244 e. The van der Waals surface area contributed by atoms with Gasteiger partial charge in [0.25, 0.3) is 0 Å². The lowest BCUT2D eigenvalue weighted by Crippen LogP contribution is -2.36. The highest BCUT2D eigenvalue weighted by molar-refractivity contribution is 6.02. The normalized spacial score (nSPS) is 13.5. The summed E-state index contributed by atoms with van der Waals surface area (Å²) >= 11 is 0. The molecular weight excluding hydrogens is 338 g/mol. The maximum atomic E-state index is 12.5. The van der Waals surface area contributed by atoms with Crippen molar-refractivity contribution >= 4 is 28.9 Å². The predicted molar refractivity (Wildman–Crippen MR) is 110 cm³/mol. The third-order valence-electron chi connectivity index (χ3n) is 5.19. The first-order valence-electron chi connectivity index (χ1n) is 9.45. The van der Waals surface area contributed by atoms with Crippen LogP contribution in [0.25, 0.3) is 0 Å². The van der Waals surface area contributed by atoms with Crippen molar-refractivity contribution in [1.82, 2.24) is 0 Å². The summed E-state index contributed by atoms with van der Waals surface area (Å²) < 4.78 is 0. The summed E-state index contributed by atoms with van der Waals surface area (Å²) in [5, 5.41) is 2.92. The van der Waals surface area contributed by atoms with Gasteiger partial charge in [0.1, 0.15) is 6.54 Å². The zero-order valence-electron chi connectivity index (χ0n) is 16.3. The Bertz CT molecular complexity index is 824. The van der Waals surface area contributed by atoms with Gasteiger partial charge in [-0.15, -0.1) is 0 Å². The molecule has 0 aromatic heterocycles. The molecule has 2 amide bonds. The minimum atomic E-state index is -0.206. The van der Waals surface area contributed by atoms with Crippen LogP contribution >= 0.6 is 0 Å². The minimum absolute atomic E-state index is 0.00816. The molecule has 1 heterocycles. The molecule has 2 aromatic rings. The Kier molecular flexibility index (Phi) is 5.79. The van der Waals surface area contributed by atoms with Gasteiger partial charge in [-0.05, 0) is 68.1 Å². The second kappa shape index (κ2) is 8.25. The van der Waals surface area contributed by atoms with Gasteiger partial charge >= 0.3 is 0 Å². The van der Waals surface area contributed by atoms with E-state index in [1.165, 1.54) is 30.4 Å². The molecule has 0 atom stereocenters. The molecule has 5 nitrogen and oxygen atoms in total. The molecule has 0 radical (unpaired) electrons. The predicted octanol–water partition coefficient (Wildman–Crippen LogP) is 3.90. The SMILES string of the molecule is CC(=O)N(CC(=O)Nc1cccc(C)c1C)c1ccc(N2CCCC2)cc1. The van der Waals surface area contributed by atoms with Crippen molar-refractivity contribution in [3.05, 3.63) is 53.6 Å². The molecular formula is C22H27N3O2. The lowest BCUT2D eigenvalue weighted by atomic mass is 10.1. The first kappa shape index (κ1) is 19.0. The van der Waals surface area contributed by atoms with Crippen molar-refractivity contribution in [1.29, 1.82) is 0 Å². The second-order valence-corrected chi connectivity index (χ2v) is 7.11. The highest BCUT2D eigenvalue weighted by atomic mass is 16.2. The van der Waals surface area contributed by atoms with Gasteiger partial charge in [-0.1, -0.05) is 12.1 Å². The van der Waals surface area contributed by atoms with Crippen molar-refractivity contribution < 1.29 is 9.59 Å². The number of benzene rings is 2. The third-order valence-corrected chi connectivity index (χ3v) is 5.19. The van der Waals surface area contributed by atoms with E-state index in [4.69, 9.17) is 0 Å². The first-order valence-corrected chi connectivity index (χ1v) is 9.45. The molecule has 142 valence electrons. The van der Waals surface area contributed by atoms with Crippen LogP contribution in [0.3, 0.4) is 0 Å². The Morgan fingerprint density at radius 2 is 1.70 bits per heavy atom. The largest absolute Gasteiger partial charge is 0.372 e. The summed E-state index contributed by atoms with van der Waals surface area (Å²) in [5.41, 5.74) is 4.85. The van der Waals surface area contributed by atoms with E-state index in [-0.39, 0.29) is 18.4 Å². The van der Waals surface area contributed by atoms with Crippen LogP contribution in [0.15, 0.2) is 42.5 Å². The molecule has 0 unspecified atom stereocenters. The van der Waals surface area contributed by atoms with Gasteiger partial charge in [0.05, 0.1) is 0 Å². The molecule has 3 rings (SSSR count). The van der Waals surface area contributed by atoms with E-state index in [9.17, 15) is 9.59 Å². The maximum absolute atomic E-state index is 12.5. The van der Waals surface area contributed by atoms with Gasteiger partial charge in [-0.25, -0.2) is 0 Å². The summed E-state index contributed by atoms with van der Waals surface area (Å²) in [7, 11) is 0.